The SMILES string of the molecule is [CH2-][OH+]Cc1ccc(F)cc1F. The molecular formula is C8H8F2O. The first-order valence-corrected chi connectivity index (χ1v) is 3.10. The summed E-state index contributed by atoms with van der Waals surface area (Å²) in [5, 5.41) is 0. The molecule has 1 N–H and O–H groups in total. The normalized spacial score (nSPS) is 10.1. The van der Waals surface area contributed by atoms with E-state index in [1.54, 1.807) is 0 Å². The number of rotatable bonds is 2. The van der Waals surface area contributed by atoms with E-state index in [4.69, 9.17) is 0 Å². The van der Waals surface area contributed by atoms with Crippen molar-refractivity contribution >= 4 is 0 Å². The predicted molar refractivity (Wildman–Crippen MR) is 37.6 cm³/mol. The zero-order valence-corrected chi connectivity index (χ0v) is 5.85. The van der Waals surface area contributed by atoms with Gasteiger partial charge in [-0.2, -0.15) is 0 Å². The molecule has 0 radical (unpaired) electrons. The summed E-state index contributed by atoms with van der Waals surface area (Å²) in [5.74, 6) is -1.15. The molecule has 0 heterocycles. The highest BCUT2D eigenvalue weighted by molar-refractivity contribution is 5.17. The molecular weight excluding hydrogens is 150 g/mol. The highest BCUT2D eigenvalue weighted by Crippen LogP contribution is 2.09. The summed E-state index contributed by atoms with van der Waals surface area (Å²) < 4.78 is 28.5. The minimum Gasteiger partial charge on any atom is -0.578 e. The van der Waals surface area contributed by atoms with Crippen molar-refractivity contribution in [3.8, 4) is 0 Å². The minimum atomic E-state index is -0.574. The maximum absolute atomic E-state index is 12.7. The Hall–Kier alpha value is -0.960. The van der Waals surface area contributed by atoms with Crippen molar-refractivity contribution < 1.29 is 13.5 Å². The predicted octanol–water partition coefficient (Wildman–Crippen LogP) is 1.78. The van der Waals surface area contributed by atoms with Gasteiger partial charge in [-0.15, -0.1) is 0 Å². The molecule has 1 aromatic rings. The third kappa shape index (κ3) is 1.98. The van der Waals surface area contributed by atoms with Crippen LogP contribution in [-0.2, 0) is 6.61 Å². The summed E-state index contributed by atoms with van der Waals surface area (Å²) in [4.78, 5) is 0. The van der Waals surface area contributed by atoms with E-state index in [1.165, 1.54) is 12.1 Å². The van der Waals surface area contributed by atoms with Crippen molar-refractivity contribution in [3.05, 3.63) is 42.5 Å². The van der Waals surface area contributed by atoms with Crippen LogP contribution in [0.15, 0.2) is 18.2 Å². The molecule has 1 nitrogen and oxygen atoms in total. The van der Waals surface area contributed by atoms with E-state index >= 15 is 0 Å². The first-order valence-electron chi connectivity index (χ1n) is 3.10. The van der Waals surface area contributed by atoms with E-state index < -0.39 is 11.6 Å². The molecule has 3 heteroatoms. The number of ether oxygens (including phenoxy) is 1. The number of aliphatic hydroxyl groups is 2. The fourth-order valence-electron chi connectivity index (χ4n) is 0.770. The molecule has 1 rings (SSSR count). The lowest BCUT2D eigenvalue weighted by Gasteiger charge is -2.01. The third-order valence-electron chi connectivity index (χ3n) is 1.30. The van der Waals surface area contributed by atoms with Crippen molar-refractivity contribution in [1.82, 2.24) is 0 Å². The van der Waals surface area contributed by atoms with Gasteiger partial charge in [0.05, 0.1) is 5.56 Å². The van der Waals surface area contributed by atoms with Gasteiger partial charge >= 0.3 is 0 Å². The van der Waals surface area contributed by atoms with Gasteiger partial charge in [-0.25, -0.2) is 8.78 Å². The Morgan fingerprint density at radius 3 is 2.64 bits per heavy atom. The highest BCUT2D eigenvalue weighted by Gasteiger charge is 2.03. The van der Waals surface area contributed by atoms with Crippen molar-refractivity contribution in [3.63, 3.8) is 0 Å². The maximum Gasteiger partial charge on any atom is 0.148 e. The molecule has 0 aliphatic carbocycles. The molecule has 0 spiro atoms. The molecule has 60 valence electrons. The first-order chi connectivity index (χ1) is 5.24. The fourth-order valence-corrected chi connectivity index (χ4v) is 0.770. The summed E-state index contributed by atoms with van der Waals surface area (Å²) in [6.07, 6.45) is 0. The van der Waals surface area contributed by atoms with Gasteiger partial charge in [0.1, 0.15) is 18.2 Å². The smallest absolute Gasteiger partial charge is 0.148 e. The van der Waals surface area contributed by atoms with Crippen LogP contribution >= 0.6 is 0 Å². The van der Waals surface area contributed by atoms with Crippen molar-refractivity contribution in [2.45, 2.75) is 6.61 Å². The van der Waals surface area contributed by atoms with Crippen LogP contribution in [0.5, 0.6) is 0 Å². The Morgan fingerprint density at radius 1 is 1.36 bits per heavy atom. The molecule has 0 unspecified atom stereocenters. The van der Waals surface area contributed by atoms with Gasteiger partial charge in [0.2, 0.25) is 0 Å². The molecule has 1 aromatic carbocycles. The number of halogens is 2. The Labute approximate surface area is 63.6 Å². The lowest BCUT2D eigenvalue weighted by atomic mass is 10.2. The lowest BCUT2D eigenvalue weighted by molar-refractivity contribution is 0.0380. The van der Waals surface area contributed by atoms with E-state index in [2.05, 4.69) is 11.8 Å². The van der Waals surface area contributed by atoms with E-state index in [9.17, 15) is 8.78 Å². The van der Waals surface area contributed by atoms with E-state index in [0.29, 0.717) is 5.56 Å². The summed E-state index contributed by atoms with van der Waals surface area (Å²) in [6.45, 7) is 0.187. The molecule has 0 amide bonds. The zero-order valence-electron chi connectivity index (χ0n) is 5.85. The Balaban J connectivity index is 2.90. The second kappa shape index (κ2) is 3.44. The standard InChI is InChI=1S/C8H8F2O/c1-11-5-6-2-3-7(9)4-8(6)10/h2-4,11H,1,5H2. The topological polar surface area (TPSA) is 12.8 Å². The molecule has 0 saturated heterocycles. The van der Waals surface area contributed by atoms with Crippen LogP contribution in [0.25, 0.3) is 0 Å². The van der Waals surface area contributed by atoms with Gasteiger partial charge in [0, 0.05) is 6.07 Å². The minimum absolute atomic E-state index is 0.187. The van der Waals surface area contributed by atoms with E-state index in [-0.39, 0.29) is 6.61 Å². The zero-order chi connectivity index (χ0) is 8.27. The number of benzene rings is 1. The third-order valence-corrected chi connectivity index (χ3v) is 1.30. The summed E-state index contributed by atoms with van der Waals surface area (Å²) in [6, 6.07) is 3.39. The quantitative estimate of drug-likeness (QED) is 0.459. The van der Waals surface area contributed by atoms with Crippen LogP contribution in [0.1, 0.15) is 5.56 Å². The van der Waals surface area contributed by atoms with Gasteiger partial charge in [0.25, 0.3) is 0 Å². The molecule has 0 bridgehead atoms. The molecule has 0 atom stereocenters. The number of hydrogen-bond acceptors (Lipinski definition) is 0. The largest absolute Gasteiger partial charge is 0.578 e. The van der Waals surface area contributed by atoms with Crippen LogP contribution in [0.3, 0.4) is 0 Å². The maximum atomic E-state index is 12.7. The second-order valence-electron chi connectivity index (χ2n) is 2.12. The molecule has 0 aliphatic rings. The van der Waals surface area contributed by atoms with Crippen molar-refractivity contribution in [2.24, 2.45) is 0 Å². The summed E-state index contributed by atoms with van der Waals surface area (Å²) in [5.41, 5.74) is 0.362. The molecule has 0 saturated carbocycles. The molecule has 0 aromatic heterocycles. The Morgan fingerprint density at radius 2 is 2.09 bits per heavy atom. The fraction of sp³-hybridized carbons (Fsp3) is 0.125. The van der Waals surface area contributed by atoms with E-state index in [1.807, 2.05) is 0 Å². The van der Waals surface area contributed by atoms with Gasteiger partial charge in [0.15, 0.2) is 0 Å². The van der Waals surface area contributed by atoms with Crippen LogP contribution < -0.4 is 0 Å². The van der Waals surface area contributed by atoms with Crippen LogP contribution in [0, 0.1) is 18.7 Å². The average molecular weight is 158 g/mol. The lowest BCUT2D eigenvalue weighted by Crippen LogP contribution is -1.94. The second-order valence-corrected chi connectivity index (χ2v) is 2.12. The van der Waals surface area contributed by atoms with Gasteiger partial charge in [-0.05, 0) is 12.1 Å². The van der Waals surface area contributed by atoms with Crippen molar-refractivity contribution in [1.29, 1.82) is 0 Å². The first kappa shape index (κ1) is 8.14. The summed E-state index contributed by atoms with van der Waals surface area (Å²) in [7, 11) is 3.21. The number of hydrogen-bond donors (Lipinski definition) is 0. The van der Waals surface area contributed by atoms with Crippen molar-refractivity contribution in [2.75, 3.05) is 0 Å². The Kier molecular flexibility index (Phi) is 2.54. The monoisotopic (exact) mass is 158 g/mol. The van der Waals surface area contributed by atoms with Gasteiger partial charge in [-0.1, -0.05) is 7.11 Å². The highest BCUT2D eigenvalue weighted by atomic mass is 19.1. The molecule has 0 aliphatic heterocycles. The van der Waals surface area contributed by atoms with Gasteiger partial charge in [-0.3, -0.25) is 0 Å². The molecule has 0 fully saturated rings. The Bertz CT molecular complexity index is 248. The molecule has 11 heavy (non-hydrogen) atoms. The summed E-state index contributed by atoms with van der Waals surface area (Å²) >= 11 is 0. The van der Waals surface area contributed by atoms with Crippen LogP contribution in [0.4, 0.5) is 8.78 Å². The van der Waals surface area contributed by atoms with Crippen LogP contribution in [-0.4, -0.2) is 4.74 Å². The average Bonchev–Trinajstić information content (AvgIpc) is 1.95. The van der Waals surface area contributed by atoms with E-state index in [0.717, 1.165) is 6.07 Å². The van der Waals surface area contributed by atoms with Crippen LogP contribution in [0.2, 0.25) is 0 Å². The van der Waals surface area contributed by atoms with Gasteiger partial charge < -0.3 is 4.74 Å².